The molecule has 0 aliphatic carbocycles. The normalized spacial score (nSPS) is 26.5. The summed E-state index contributed by atoms with van der Waals surface area (Å²) in [6.45, 7) is 4.29. The Hall–Kier alpha value is -2.95. The van der Waals surface area contributed by atoms with Crippen LogP contribution >= 0.6 is 0 Å². The molecule has 1 unspecified atom stereocenters. The van der Waals surface area contributed by atoms with Crippen LogP contribution < -0.4 is 16.4 Å². The van der Waals surface area contributed by atoms with Crippen LogP contribution in [0.4, 0.5) is 22.7 Å². The molecule has 2 saturated heterocycles. The molecule has 11 nitrogen and oxygen atoms in total. The smallest absolute Gasteiger partial charge is 0.299 e. The van der Waals surface area contributed by atoms with Gasteiger partial charge in [0.1, 0.15) is 17.4 Å². The molecule has 0 saturated carbocycles. The van der Waals surface area contributed by atoms with E-state index in [0.717, 1.165) is 36.5 Å². The molecular formula is C19H29N6O5+. The SMILES string of the molecule is C[C@H](Nc1cc(NC[C@@H]2CC[N+]3(C)CCCC[C@H]23)c([N+](=O)[O-])cc1[N+](=O)[O-])C(N)=O. The van der Waals surface area contributed by atoms with Gasteiger partial charge in [-0.2, -0.15) is 0 Å². The molecule has 2 fully saturated rings. The van der Waals surface area contributed by atoms with Gasteiger partial charge in [0.25, 0.3) is 11.4 Å². The summed E-state index contributed by atoms with van der Waals surface area (Å²) in [5, 5.41) is 28.8. The molecule has 0 aromatic heterocycles. The van der Waals surface area contributed by atoms with Gasteiger partial charge in [0.05, 0.1) is 42.1 Å². The van der Waals surface area contributed by atoms with Gasteiger partial charge in [-0.15, -0.1) is 0 Å². The number of benzene rings is 1. The summed E-state index contributed by atoms with van der Waals surface area (Å²) < 4.78 is 1.05. The number of quaternary nitrogens is 1. The van der Waals surface area contributed by atoms with Gasteiger partial charge in [-0.3, -0.25) is 25.0 Å². The van der Waals surface area contributed by atoms with Crippen molar-refractivity contribution in [2.24, 2.45) is 11.7 Å². The molecule has 1 aromatic rings. The highest BCUT2D eigenvalue weighted by Crippen LogP contribution is 2.39. The number of fused-ring (bicyclic) bond motifs is 1. The van der Waals surface area contributed by atoms with Crippen LogP contribution in [0.1, 0.15) is 32.6 Å². The first kappa shape index (κ1) is 21.8. The van der Waals surface area contributed by atoms with Crippen molar-refractivity contribution in [3.63, 3.8) is 0 Å². The predicted molar refractivity (Wildman–Crippen MR) is 112 cm³/mol. The number of rotatable bonds is 8. The number of hydrogen-bond acceptors (Lipinski definition) is 7. The molecule has 30 heavy (non-hydrogen) atoms. The molecule has 2 aliphatic rings. The Morgan fingerprint density at radius 1 is 1.17 bits per heavy atom. The van der Waals surface area contributed by atoms with E-state index in [4.69, 9.17) is 5.73 Å². The summed E-state index contributed by atoms with van der Waals surface area (Å²) in [7, 11) is 2.28. The van der Waals surface area contributed by atoms with Crippen molar-refractivity contribution in [2.45, 2.75) is 44.7 Å². The lowest BCUT2D eigenvalue weighted by molar-refractivity contribution is -0.927. The number of primary amides is 1. The number of nitro groups is 2. The van der Waals surface area contributed by atoms with Crippen LogP contribution in [0.15, 0.2) is 12.1 Å². The van der Waals surface area contributed by atoms with E-state index in [1.54, 1.807) is 0 Å². The number of hydrogen-bond donors (Lipinski definition) is 3. The average molecular weight is 421 g/mol. The highest BCUT2D eigenvalue weighted by Gasteiger charge is 2.46. The largest absolute Gasteiger partial charge is 0.379 e. The molecule has 11 heteroatoms. The molecule has 4 atom stereocenters. The zero-order valence-electron chi connectivity index (χ0n) is 17.3. The maximum absolute atomic E-state index is 11.6. The van der Waals surface area contributed by atoms with Gasteiger partial charge in [-0.05, 0) is 25.8 Å². The van der Waals surface area contributed by atoms with Crippen LogP contribution in [0.5, 0.6) is 0 Å². The molecule has 4 N–H and O–H groups in total. The van der Waals surface area contributed by atoms with Gasteiger partial charge in [0.15, 0.2) is 0 Å². The summed E-state index contributed by atoms with van der Waals surface area (Å²) in [6.07, 6.45) is 4.62. The second-order valence-corrected chi connectivity index (χ2v) is 8.59. The molecule has 3 rings (SSSR count). The molecule has 164 valence electrons. The Balaban J connectivity index is 1.86. The van der Waals surface area contributed by atoms with E-state index in [-0.39, 0.29) is 17.1 Å². The van der Waals surface area contributed by atoms with Crippen molar-refractivity contribution in [1.82, 2.24) is 0 Å². The molecular weight excluding hydrogens is 392 g/mol. The monoisotopic (exact) mass is 421 g/mol. The van der Waals surface area contributed by atoms with E-state index in [1.807, 2.05) is 0 Å². The Bertz CT molecular complexity index is 862. The van der Waals surface area contributed by atoms with E-state index in [9.17, 15) is 25.0 Å². The van der Waals surface area contributed by atoms with E-state index < -0.39 is 27.5 Å². The number of anilines is 2. The third kappa shape index (κ3) is 4.30. The van der Waals surface area contributed by atoms with E-state index in [1.165, 1.54) is 25.8 Å². The maximum atomic E-state index is 11.6. The lowest BCUT2D eigenvalue weighted by Crippen LogP contribution is -2.53. The quantitative estimate of drug-likeness (QED) is 0.330. The lowest BCUT2D eigenvalue weighted by atomic mass is 9.92. The topological polar surface area (TPSA) is 153 Å². The molecule has 0 spiro atoms. The lowest BCUT2D eigenvalue weighted by Gasteiger charge is -2.41. The summed E-state index contributed by atoms with van der Waals surface area (Å²) in [4.78, 5) is 33.0. The summed E-state index contributed by atoms with van der Waals surface area (Å²) in [5.41, 5.74) is 4.62. The fraction of sp³-hybridized carbons (Fsp3) is 0.632. The Morgan fingerprint density at radius 3 is 2.47 bits per heavy atom. The van der Waals surface area contributed by atoms with Crippen molar-refractivity contribution in [3.8, 4) is 0 Å². The first-order chi connectivity index (χ1) is 14.1. The van der Waals surface area contributed by atoms with Crippen LogP contribution in [0.2, 0.25) is 0 Å². The fourth-order valence-electron chi connectivity index (χ4n) is 4.90. The maximum Gasteiger partial charge on any atom is 0.299 e. The first-order valence-corrected chi connectivity index (χ1v) is 10.2. The van der Waals surface area contributed by atoms with Crippen LogP contribution in [0, 0.1) is 26.1 Å². The van der Waals surface area contributed by atoms with Crippen LogP contribution in [0.25, 0.3) is 0 Å². The van der Waals surface area contributed by atoms with Crippen molar-refractivity contribution >= 4 is 28.7 Å². The number of nitrogens with zero attached hydrogens (tertiary/aromatic N) is 3. The van der Waals surface area contributed by atoms with Crippen molar-refractivity contribution in [1.29, 1.82) is 0 Å². The zero-order chi connectivity index (χ0) is 22.1. The number of amides is 1. The summed E-state index contributed by atoms with van der Waals surface area (Å²) in [5.74, 6) is -0.302. The minimum atomic E-state index is -0.868. The number of carbonyl (C=O) groups is 1. The number of piperidine rings is 1. The molecule has 0 bridgehead atoms. The van der Waals surface area contributed by atoms with Crippen molar-refractivity contribution < 1.29 is 19.1 Å². The van der Waals surface area contributed by atoms with Crippen molar-refractivity contribution in [2.75, 3.05) is 37.3 Å². The number of nitrogens with two attached hydrogens (primary N) is 1. The van der Waals surface area contributed by atoms with Crippen LogP contribution in [0.3, 0.4) is 0 Å². The highest BCUT2D eigenvalue weighted by atomic mass is 16.6. The minimum absolute atomic E-state index is 0.0177. The second kappa shape index (κ2) is 8.42. The van der Waals surface area contributed by atoms with Gasteiger partial charge in [0.2, 0.25) is 5.91 Å². The minimum Gasteiger partial charge on any atom is -0.379 e. The summed E-state index contributed by atoms with van der Waals surface area (Å²) >= 11 is 0. The molecule has 0 radical (unpaired) electrons. The third-order valence-electron chi connectivity index (χ3n) is 6.64. The van der Waals surface area contributed by atoms with Gasteiger partial charge in [-0.1, -0.05) is 0 Å². The Kier molecular flexibility index (Phi) is 6.11. The van der Waals surface area contributed by atoms with Crippen LogP contribution in [-0.2, 0) is 4.79 Å². The highest BCUT2D eigenvalue weighted by molar-refractivity contribution is 5.85. The van der Waals surface area contributed by atoms with Crippen molar-refractivity contribution in [3.05, 3.63) is 32.4 Å². The third-order valence-corrected chi connectivity index (χ3v) is 6.64. The molecule has 1 aromatic carbocycles. The van der Waals surface area contributed by atoms with Gasteiger partial charge >= 0.3 is 0 Å². The number of nitro benzene ring substituents is 2. The number of nitrogens with one attached hydrogen (secondary N) is 2. The van der Waals surface area contributed by atoms with Gasteiger partial charge in [-0.25, -0.2) is 0 Å². The molecule has 2 aliphatic heterocycles. The zero-order valence-corrected chi connectivity index (χ0v) is 17.3. The van der Waals surface area contributed by atoms with Crippen LogP contribution in [-0.4, -0.2) is 59.0 Å². The van der Waals surface area contributed by atoms with Gasteiger partial charge in [0, 0.05) is 25.3 Å². The first-order valence-electron chi connectivity index (χ1n) is 10.2. The Morgan fingerprint density at radius 2 is 1.83 bits per heavy atom. The van der Waals surface area contributed by atoms with E-state index >= 15 is 0 Å². The standard InChI is InChI=1S/C19H28N6O5/c1-12(19(20)26)22-15-9-14(16(23(27)28)10-17(15)24(29)30)21-11-13-6-8-25(2)7-4-3-5-18(13)25/h9-10,12-13,18,21-22H,3-8,11H2,1-2H3,(H-,20,26)/p+1/t12-,13-,18+,25?/m0/s1. The van der Waals surface area contributed by atoms with E-state index in [2.05, 4.69) is 17.7 Å². The number of carbonyl (C=O) groups excluding carboxylic acids is 1. The van der Waals surface area contributed by atoms with E-state index in [0.29, 0.717) is 18.5 Å². The average Bonchev–Trinajstić information content (AvgIpc) is 3.02. The second-order valence-electron chi connectivity index (χ2n) is 8.59. The summed E-state index contributed by atoms with van der Waals surface area (Å²) in [6, 6.07) is 1.91. The molecule has 1 amide bonds. The molecule has 2 heterocycles. The van der Waals surface area contributed by atoms with Gasteiger partial charge < -0.3 is 20.9 Å². The predicted octanol–water partition coefficient (Wildman–Crippen LogP) is 2.22. The Labute approximate surface area is 174 Å². The fourth-order valence-corrected chi connectivity index (χ4v) is 4.90.